The van der Waals surface area contributed by atoms with Crippen molar-refractivity contribution in [1.82, 2.24) is 15.1 Å². The number of piperazine rings is 1. The van der Waals surface area contributed by atoms with Crippen molar-refractivity contribution in [3.05, 3.63) is 0 Å². The second kappa shape index (κ2) is 4.91. The van der Waals surface area contributed by atoms with Gasteiger partial charge in [-0.1, -0.05) is 0 Å². The summed E-state index contributed by atoms with van der Waals surface area (Å²) in [6.07, 6.45) is 0. The predicted molar refractivity (Wildman–Crippen MR) is 59.4 cm³/mol. The summed E-state index contributed by atoms with van der Waals surface area (Å²) in [5, 5.41) is 4.34. The van der Waals surface area contributed by atoms with Crippen molar-refractivity contribution in [3.63, 3.8) is 0 Å². The SMILES string of the molecule is S=C(N1CCNCC1)N1CCOCC1. The van der Waals surface area contributed by atoms with Gasteiger partial charge in [-0.2, -0.15) is 0 Å². The van der Waals surface area contributed by atoms with Gasteiger partial charge in [0.25, 0.3) is 0 Å². The van der Waals surface area contributed by atoms with Gasteiger partial charge in [-0.15, -0.1) is 0 Å². The van der Waals surface area contributed by atoms with Gasteiger partial charge in [-0.05, 0) is 12.2 Å². The highest BCUT2D eigenvalue weighted by molar-refractivity contribution is 7.80. The Kier molecular flexibility index (Phi) is 3.55. The van der Waals surface area contributed by atoms with Crippen LogP contribution in [-0.4, -0.2) is 67.4 Å². The predicted octanol–water partition coefficient (Wildman–Crippen LogP) is -0.491. The molecule has 2 heterocycles. The van der Waals surface area contributed by atoms with E-state index in [-0.39, 0.29) is 0 Å². The Morgan fingerprint density at radius 1 is 1.00 bits per heavy atom. The third-order valence-electron chi connectivity index (χ3n) is 2.67. The Bertz CT molecular complexity index is 180. The molecular formula is C9H17N3OS. The first-order valence-corrected chi connectivity index (χ1v) is 5.61. The highest BCUT2D eigenvalue weighted by atomic mass is 32.1. The quantitative estimate of drug-likeness (QED) is 0.550. The Balaban J connectivity index is 1.85. The van der Waals surface area contributed by atoms with Gasteiger partial charge < -0.3 is 19.9 Å². The first kappa shape index (κ1) is 10.1. The molecule has 2 aliphatic heterocycles. The van der Waals surface area contributed by atoms with Crippen molar-refractivity contribution in [3.8, 4) is 0 Å². The Hall–Kier alpha value is -0.390. The smallest absolute Gasteiger partial charge is 0.171 e. The van der Waals surface area contributed by atoms with E-state index in [0.29, 0.717) is 0 Å². The molecule has 2 fully saturated rings. The molecule has 80 valence electrons. The minimum atomic E-state index is 0.812. The molecule has 2 rings (SSSR count). The summed E-state index contributed by atoms with van der Waals surface area (Å²) in [4.78, 5) is 4.54. The van der Waals surface area contributed by atoms with E-state index in [9.17, 15) is 0 Å². The Labute approximate surface area is 90.2 Å². The van der Waals surface area contributed by atoms with Crippen LogP contribution in [0, 0.1) is 0 Å². The van der Waals surface area contributed by atoms with Gasteiger partial charge in [0.15, 0.2) is 5.11 Å². The average Bonchev–Trinajstić information content (AvgIpc) is 2.30. The van der Waals surface area contributed by atoms with Crippen LogP contribution < -0.4 is 5.32 Å². The molecular weight excluding hydrogens is 198 g/mol. The third-order valence-corrected chi connectivity index (χ3v) is 3.19. The summed E-state index contributed by atoms with van der Waals surface area (Å²) < 4.78 is 5.31. The lowest BCUT2D eigenvalue weighted by molar-refractivity contribution is 0.0633. The van der Waals surface area contributed by atoms with Crippen LogP contribution in [0.25, 0.3) is 0 Å². The molecule has 0 aromatic carbocycles. The van der Waals surface area contributed by atoms with Gasteiger partial charge in [0, 0.05) is 39.3 Å². The van der Waals surface area contributed by atoms with Crippen LogP contribution in [0.3, 0.4) is 0 Å². The molecule has 2 saturated heterocycles. The molecule has 0 saturated carbocycles. The van der Waals surface area contributed by atoms with E-state index in [0.717, 1.165) is 57.6 Å². The Morgan fingerprint density at radius 3 is 2.21 bits per heavy atom. The summed E-state index contributed by atoms with van der Waals surface area (Å²) in [6.45, 7) is 7.69. The second-order valence-electron chi connectivity index (χ2n) is 3.62. The number of nitrogens with one attached hydrogen (secondary N) is 1. The van der Waals surface area contributed by atoms with Gasteiger partial charge in [0.1, 0.15) is 0 Å². The molecule has 0 radical (unpaired) electrons. The van der Waals surface area contributed by atoms with E-state index < -0.39 is 0 Å². The van der Waals surface area contributed by atoms with Crippen LogP contribution >= 0.6 is 12.2 Å². The summed E-state index contributed by atoms with van der Waals surface area (Å²) in [7, 11) is 0. The van der Waals surface area contributed by atoms with Crippen molar-refractivity contribution in [2.24, 2.45) is 0 Å². The summed E-state index contributed by atoms with van der Waals surface area (Å²) in [6, 6.07) is 0. The highest BCUT2D eigenvalue weighted by Gasteiger charge is 2.20. The number of hydrogen-bond donors (Lipinski definition) is 1. The van der Waals surface area contributed by atoms with E-state index in [2.05, 4.69) is 15.1 Å². The molecule has 0 spiro atoms. The molecule has 0 aromatic rings. The van der Waals surface area contributed by atoms with Crippen molar-refractivity contribution in [2.45, 2.75) is 0 Å². The van der Waals surface area contributed by atoms with Gasteiger partial charge >= 0.3 is 0 Å². The van der Waals surface area contributed by atoms with Gasteiger partial charge in [0.2, 0.25) is 0 Å². The van der Waals surface area contributed by atoms with Crippen molar-refractivity contribution in [1.29, 1.82) is 0 Å². The largest absolute Gasteiger partial charge is 0.378 e. The maximum Gasteiger partial charge on any atom is 0.171 e. The third kappa shape index (κ3) is 2.34. The normalized spacial score (nSPS) is 23.7. The van der Waals surface area contributed by atoms with Gasteiger partial charge in [0.05, 0.1) is 13.2 Å². The van der Waals surface area contributed by atoms with E-state index in [4.69, 9.17) is 17.0 Å². The fourth-order valence-corrected chi connectivity index (χ4v) is 2.18. The van der Waals surface area contributed by atoms with E-state index >= 15 is 0 Å². The fourth-order valence-electron chi connectivity index (χ4n) is 1.81. The molecule has 0 unspecified atom stereocenters. The van der Waals surface area contributed by atoms with Crippen LogP contribution in [0.2, 0.25) is 0 Å². The van der Waals surface area contributed by atoms with Crippen LogP contribution in [0.15, 0.2) is 0 Å². The van der Waals surface area contributed by atoms with Crippen molar-refractivity contribution < 1.29 is 4.74 Å². The maximum atomic E-state index is 5.46. The van der Waals surface area contributed by atoms with Crippen LogP contribution in [0.5, 0.6) is 0 Å². The van der Waals surface area contributed by atoms with Gasteiger partial charge in [-0.3, -0.25) is 0 Å². The summed E-state index contributed by atoms with van der Waals surface area (Å²) in [5.74, 6) is 0. The number of rotatable bonds is 0. The zero-order chi connectivity index (χ0) is 9.80. The molecule has 4 nitrogen and oxygen atoms in total. The molecule has 2 aliphatic rings. The van der Waals surface area contributed by atoms with Crippen molar-refractivity contribution in [2.75, 3.05) is 52.5 Å². The first-order chi connectivity index (χ1) is 6.88. The average molecular weight is 215 g/mol. The number of nitrogens with zero attached hydrogens (tertiary/aromatic N) is 2. The summed E-state index contributed by atoms with van der Waals surface area (Å²) >= 11 is 5.46. The molecule has 0 atom stereocenters. The van der Waals surface area contributed by atoms with E-state index in [1.807, 2.05) is 0 Å². The molecule has 0 aliphatic carbocycles. The van der Waals surface area contributed by atoms with Crippen LogP contribution in [0.1, 0.15) is 0 Å². The van der Waals surface area contributed by atoms with E-state index in [1.54, 1.807) is 0 Å². The Morgan fingerprint density at radius 2 is 1.57 bits per heavy atom. The standard InChI is InChI=1S/C9H17N3OS/c14-9(11-3-1-10-2-4-11)12-5-7-13-8-6-12/h10H,1-8H2. The zero-order valence-corrected chi connectivity index (χ0v) is 9.18. The van der Waals surface area contributed by atoms with Crippen LogP contribution in [-0.2, 0) is 4.74 Å². The van der Waals surface area contributed by atoms with Gasteiger partial charge in [-0.25, -0.2) is 0 Å². The topological polar surface area (TPSA) is 27.7 Å². The number of ether oxygens (including phenoxy) is 1. The number of hydrogen-bond acceptors (Lipinski definition) is 3. The molecule has 0 amide bonds. The minimum absolute atomic E-state index is 0.812. The second-order valence-corrected chi connectivity index (χ2v) is 3.98. The molecule has 1 N–H and O–H groups in total. The zero-order valence-electron chi connectivity index (χ0n) is 8.37. The molecule has 5 heteroatoms. The maximum absolute atomic E-state index is 5.46. The molecule has 0 aromatic heterocycles. The minimum Gasteiger partial charge on any atom is -0.378 e. The lowest BCUT2D eigenvalue weighted by Crippen LogP contribution is -2.53. The molecule has 14 heavy (non-hydrogen) atoms. The highest BCUT2D eigenvalue weighted by Crippen LogP contribution is 2.04. The fraction of sp³-hybridized carbons (Fsp3) is 0.889. The first-order valence-electron chi connectivity index (χ1n) is 5.20. The lowest BCUT2D eigenvalue weighted by Gasteiger charge is -2.37. The van der Waals surface area contributed by atoms with E-state index in [1.165, 1.54) is 0 Å². The number of thiocarbonyl (C=S) groups is 1. The monoisotopic (exact) mass is 215 g/mol. The molecule has 0 bridgehead atoms. The van der Waals surface area contributed by atoms with Crippen molar-refractivity contribution >= 4 is 17.3 Å². The summed E-state index contributed by atoms with van der Waals surface area (Å²) in [5.41, 5.74) is 0. The number of morpholine rings is 1. The lowest BCUT2D eigenvalue weighted by atomic mass is 10.3. The van der Waals surface area contributed by atoms with Crippen LogP contribution in [0.4, 0.5) is 0 Å².